The molecule has 0 radical (unpaired) electrons. The molecule has 1 aromatic heterocycles. The Kier molecular flexibility index (Phi) is 7.49. The number of hydrogen-bond acceptors (Lipinski definition) is 5. The van der Waals surface area contributed by atoms with Crippen LogP contribution in [0.4, 0.5) is 4.79 Å². The van der Waals surface area contributed by atoms with Gasteiger partial charge in [-0.15, -0.1) is 16.8 Å². The second-order valence-corrected chi connectivity index (χ2v) is 7.49. The van der Waals surface area contributed by atoms with Crippen molar-refractivity contribution in [3.05, 3.63) is 18.5 Å². The Morgan fingerprint density at radius 3 is 2.72 bits per heavy atom. The first kappa shape index (κ1) is 19.5. The summed E-state index contributed by atoms with van der Waals surface area (Å²) in [6.45, 7) is 8.46. The first-order valence-corrected chi connectivity index (χ1v) is 9.74. The van der Waals surface area contributed by atoms with Gasteiger partial charge in [0.2, 0.25) is 5.91 Å². The summed E-state index contributed by atoms with van der Waals surface area (Å²) >= 11 is 1.31. The van der Waals surface area contributed by atoms with Crippen LogP contribution >= 0.6 is 11.8 Å². The summed E-state index contributed by atoms with van der Waals surface area (Å²) in [5.74, 6) is 1.07. The highest BCUT2D eigenvalue weighted by Crippen LogP contribution is 2.33. The first-order chi connectivity index (χ1) is 12.1. The molecule has 138 valence electrons. The molecule has 1 saturated carbocycles. The fourth-order valence-corrected chi connectivity index (χ4v) is 3.85. The molecule has 0 unspecified atom stereocenters. The number of hydrogen-bond donors (Lipinski definition) is 2. The molecule has 2 rings (SSSR count). The van der Waals surface area contributed by atoms with Gasteiger partial charge in [-0.3, -0.25) is 10.1 Å². The number of allylic oxidation sites excluding steroid dienone is 1. The van der Waals surface area contributed by atoms with E-state index < -0.39 is 11.3 Å². The third-order valence-electron chi connectivity index (χ3n) is 4.25. The molecule has 8 heteroatoms. The monoisotopic (exact) mass is 365 g/mol. The van der Waals surface area contributed by atoms with Crippen molar-refractivity contribution in [1.29, 1.82) is 0 Å². The van der Waals surface area contributed by atoms with Crippen LogP contribution in [-0.4, -0.2) is 38.5 Å². The molecule has 25 heavy (non-hydrogen) atoms. The van der Waals surface area contributed by atoms with E-state index in [1.807, 2.05) is 10.6 Å². The molecule has 1 aliphatic carbocycles. The fraction of sp³-hybridized carbons (Fsp3) is 0.647. The van der Waals surface area contributed by atoms with Crippen LogP contribution in [0.15, 0.2) is 17.8 Å². The smallest absolute Gasteiger partial charge is 0.321 e. The number of imide groups is 1. The molecule has 3 amide bonds. The van der Waals surface area contributed by atoms with Gasteiger partial charge in [0.25, 0.3) is 0 Å². The normalized spacial score (nSPS) is 16.2. The van der Waals surface area contributed by atoms with Gasteiger partial charge in [0.1, 0.15) is 5.82 Å². The lowest BCUT2D eigenvalue weighted by atomic mass is 9.89. The summed E-state index contributed by atoms with van der Waals surface area (Å²) in [5.41, 5.74) is 0. The van der Waals surface area contributed by atoms with E-state index in [-0.39, 0.29) is 5.91 Å². The van der Waals surface area contributed by atoms with Crippen LogP contribution in [-0.2, 0) is 11.3 Å². The van der Waals surface area contributed by atoms with Crippen LogP contribution in [0.3, 0.4) is 0 Å². The van der Waals surface area contributed by atoms with E-state index in [1.165, 1.54) is 31.0 Å². The van der Waals surface area contributed by atoms with Gasteiger partial charge in [-0.05, 0) is 26.7 Å². The molecule has 1 fully saturated rings. The fourth-order valence-electron chi connectivity index (χ4n) is 2.98. The lowest BCUT2D eigenvalue weighted by molar-refractivity contribution is -0.119. The van der Waals surface area contributed by atoms with Gasteiger partial charge in [-0.1, -0.05) is 37.1 Å². The first-order valence-electron chi connectivity index (χ1n) is 8.86. The zero-order valence-electron chi connectivity index (χ0n) is 15.0. The van der Waals surface area contributed by atoms with Crippen molar-refractivity contribution in [3.63, 3.8) is 0 Å². The Balaban J connectivity index is 2.07. The predicted molar refractivity (Wildman–Crippen MR) is 98.6 cm³/mol. The van der Waals surface area contributed by atoms with Gasteiger partial charge in [0.05, 0.1) is 5.25 Å². The third kappa shape index (κ3) is 5.32. The van der Waals surface area contributed by atoms with Crippen LogP contribution < -0.4 is 10.6 Å². The topological polar surface area (TPSA) is 88.9 Å². The van der Waals surface area contributed by atoms with Crippen molar-refractivity contribution in [2.24, 2.45) is 0 Å². The largest absolute Gasteiger partial charge is 0.338 e. The molecule has 1 atom stereocenters. The number of thioether (sulfide) groups is 1. The van der Waals surface area contributed by atoms with Crippen LogP contribution in [0.25, 0.3) is 0 Å². The van der Waals surface area contributed by atoms with Gasteiger partial charge < -0.3 is 9.88 Å². The standard InChI is InChI=1S/C17H27N5O2S/c1-4-11-22-14(13-9-7-6-8-10-13)20-21-17(22)25-12(3)15(23)19-16(24)18-5-2/h4,12-13H,1,5-11H2,2-3H3,(H2,18,19,23,24)/t12-/m0/s1. The molecule has 1 aliphatic rings. The molecule has 2 N–H and O–H groups in total. The maximum atomic E-state index is 12.1. The maximum Gasteiger partial charge on any atom is 0.321 e. The van der Waals surface area contributed by atoms with E-state index in [1.54, 1.807) is 13.8 Å². The highest BCUT2D eigenvalue weighted by Gasteiger charge is 2.25. The van der Waals surface area contributed by atoms with Crippen molar-refractivity contribution in [2.45, 2.75) is 68.8 Å². The van der Waals surface area contributed by atoms with Crippen molar-refractivity contribution < 1.29 is 9.59 Å². The van der Waals surface area contributed by atoms with Crippen LogP contribution in [0.2, 0.25) is 0 Å². The average Bonchev–Trinajstić information content (AvgIpc) is 2.98. The summed E-state index contributed by atoms with van der Waals surface area (Å²) < 4.78 is 2.05. The lowest BCUT2D eigenvalue weighted by Crippen LogP contribution is -2.42. The van der Waals surface area contributed by atoms with Crippen molar-refractivity contribution in [1.82, 2.24) is 25.4 Å². The van der Waals surface area contributed by atoms with E-state index in [0.717, 1.165) is 18.7 Å². The quantitative estimate of drug-likeness (QED) is 0.573. The van der Waals surface area contributed by atoms with E-state index in [9.17, 15) is 9.59 Å². The van der Waals surface area contributed by atoms with Crippen LogP contribution in [0.1, 0.15) is 57.7 Å². The molecular weight excluding hydrogens is 338 g/mol. The molecule has 0 saturated heterocycles. The number of carbonyl (C=O) groups excluding carboxylic acids is 2. The summed E-state index contributed by atoms with van der Waals surface area (Å²) in [6, 6.07) is -0.476. The highest BCUT2D eigenvalue weighted by molar-refractivity contribution is 8.00. The number of nitrogens with zero attached hydrogens (tertiary/aromatic N) is 3. The van der Waals surface area contributed by atoms with Crippen molar-refractivity contribution >= 4 is 23.7 Å². The molecule has 0 bridgehead atoms. The number of urea groups is 1. The van der Waals surface area contributed by atoms with Crippen LogP contribution in [0.5, 0.6) is 0 Å². The molecule has 0 aliphatic heterocycles. The Hall–Kier alpha value is -1.83. The molecule has 0 aromatic carbocycles. The second-order valence-electron chi connectivity index (χ2n) is 6.18. The summed E-state index contributed by atoms with van der Waals surface area (Å²) in [4.78, 5) is 23.6. The van der Waals surface area contributed by atoms with Gasteiger partial charge in [0, 0.05) is 19.0 Å². The van der Waals surface area contributed by atoms with Gasteiger partial charge in [-0.25, -0.2) is 4.79 Å². The second kappa shape index (κ2) is 9.60. The van der Waals surface area contributed by atoms with Gasteiger partial charge in [-0.2, -0.15) is 0 Å². The van der Waals surface area contributed by atoms with E-state index >= 15 is 0 Å². The molecule has 0 spiro atoms. The molecule has 1 aromatic rings. The zero-order chi connectivity index (χ0) is 18.2. The number of rotatable bonds is 7. The molecule has 7 nitrogen and oxygen atoms in total. The van der Waals surface area contributed by atoms with Gasteiger partial charge >= 0.3 is 6.03 Å². The number of amides is 3. The minimum atomic E-state index is -0.476. The molecular formula is C17H27N5O2S. The van der Waals surface area contributed by atoms with Gasteiger partial charge in [0.15, 0.2) is 5.16 Å². The Bertz CT molecular complexity index is 610. The third-order valence-corrected chi connectivity index (χ3v) is 5.33. The number of carbonyl (C=O) groups is 2. The zero-order valence-corrected chi connectivity index (χ0v) is 15.8. The number of aromatic nitrogens is 3. The number of nitrogens with one attached hydrogen (secondary N) is 2. The predicted octanol–water partition coefficient (Wildman–Crippen LogP) is 2.84. The highest BCUT2D eigenvalue weighted by atomic mass is 32.2. The minimum Gasteiger partial charge on any atom is -0.338 e. The Labute approximate surface area is 153 Å². The lowest BCUT2D eigenvalue weighted by Gasteiger charge is -2.21. The summed E-state index contributed by atoms with van der Waals surface area (Å²) in [7, 11) is 0. The minimum absolute atomic E-state index is 0.344. The Morgan fingerprint density at radius 1 is 1.36 bits per heavy atom. The molecule has 1 heterocycles. The maximum absolute atomic E-state index is 12.1. The van der Waals surface area contributed by atoms with Crippen molar-refractivity contribution in [2.75, 3.05) is 6.54 Å². The average molecular weight is 366 g/mol. The Morgan fingerprint density at radius 2 is 2.08 bits per heavy atom. The van der Waals surface area contributed by atoms with Crippen molar-refractivity contribution in [3.8, 4) is 0 Å². The van der Waals surface area contributed by atoms with E-state index in [4.69, 9.17) is 0 Å². The SMILES string of the molecule is C=CCn1c(S[C@@H](C)C(=O)NC(=O)NCC)nnc1C1CCCCC1. The van der Waals surface area contributed by atoms with Crippen LogP contribution in [0, 0.1) is 0 Å². The summed E-state index contributed by atoms with van der Waals surface area (Å²) in [5, 5.41) is 13.8. The van der Waals surface area contributed by atoms with E-state index in [2.05, 4.69) is 27.4 Å². The van der Waals surface area contributed by atoms with E-state index in [0.29, 0.717) is 24.2 Å². The summed E-state index contributed by atoms with van der Waals surface area (Å²) in [6.07, 6.45) is 7.81.